The van der Waals surface area contributed by atoms with Gasteiger partial charge in [0.15, 0.2) is 0 Å². The smallest absolute Gasteiger partial charge is 0.116 e. The predicted molar refractivity (Wildman–Crippen MR) is 72.4 cm³/mol. The minimum atomic E-state index is 1.02. The third-order valence-corrected chi connectivity index (χ3v) is 3.56. The molecule has 1 aliphatic rings. The molecule has 1 aromatic carbocycles. The van der Waals surface area contributed by atoms with E-state index < -0.39 is 0 Å². The van der Waals surface area contributed by atoms with Gasteiger partial charge in [0.05, 0.1) is 5.69 Å². The summed E-state index contributed by atoms with van der Waals surface area (Å²) in [6.07, 6.45) is 3.76. The first-order chi connectivity index (χ1) is 8.84. The van der Waals surface area contributed by atoms with Crippen LogP contribution in [-0.2, 0) is 12.8 Å². The molecule has 0 aliphatic carbocycles. The molecule has 0 atom stereocenters. The Morgan fingerprint density at radius 1 is 1.00 bits per heavy atom. The molecule has 0 saturated heterocycles. The van der Waals surface area contributed by atoms with Gasteiger partial charge in [-0.1, -0.05) is 30.3 Å². The van der Waals surface area contributed by atoms with Gasteiger partial charge in [0, 0.05) is 36.3 Å². The Bertz CT molecular complexity index is 537. The van der Waals surface area contributed by atoms with Crippen LogP contribution in [0.3, 0.4) is 0 Å². The number of benzene rings is 1. The van der Waals surface area contributed by atoms with Gasteiger partial charge in [-0.05, 0) is 13.5 Å². The van der Waals surface area contributed by atoms with Crippen LogP contribution in [0.15, 0.2) is 36.7 Å². The third-order valence-electron chi connectivity index (χ3n) is 3.56. The van der Waals surface area contributed by atoms with E-state index in [1.807, 2.05) is 6.07 Å². The Labute approximate surface area is 108 Å². The van der Waals surface area contributed by atoms with Gasteiger partial charge in [0.25, 0.3) is 0 Å². The molecule has 3 rings (SSSR count). The fourth-order valence-electron chi connectivity index (χ4n) is 2.48. The number of rotatable bonds is 1. The molecular formula is C15H17N3. The van der Waals surface area contributed by atoms with E-state index >= 15 is 0 Å². The lowest BCUT2D eigenvalue weighted by Crippen LogP contribution is -2.20. The van der Waals surface area contributed by atoms with Gasteiger partial charge in [-0.25, -0.2) is 9.97 Å². The second-order valence-electron chi connectivity index (χ2n) is 4.82. The highest BCUT2D eigenvalue weighted by molar-refractivity contribution is 5.63. The molecular weight excluding hydrogens is 222 g/mol. The first-order valence-corrected chi connectivity index (χ1v) is 6.41. The van der Waals surface area contributed by atoms with Gasteiger partial charge in [0.2, 0.25) is 0 Å². The van der Waals surface area contributed by atoms with Crippen LogP contribution in [0.1, 0.15) is 11.3 Å². The summed E-state index contributed by atoms with van der Waals surface area (Å²) in [5, 5.41) is 0. The van der Waals surface area contributed by atoms with Crippen molar-refractivity contribution in [3.8, 4) is 11.3 Å². The van der Waals surface area contributed by atoms with Crippen LogP contribution in [0.2, 0.25) is 0 Å². The third kappa shape index (κ3) is 2.14. The van der Waals surface area contributed by atoms with Crippen molar-refractivity contribution in [1.82, 2.24) is 14.9 Å². The van der Waals surface area contributed by atoms with Crippen molar-refractivity contribution in [1.29, 1.82) is 0 Å². The molecule has 0 saturated carbocycles. The van der Waals surface area contributed by atoms with E-state index in [0.29, 0.717) is 0 Å². The molecule has 3 nitrogen and oxygen atoms in total. The van der Waals surface area contributed by atoms with E-state index in [1.54, 1.807) is 6.33 Å². The monoisotopic (exact) mass is 239 g/mol. The summed E-state index contributed by atoms with van der Waals surface area (Å²) < 4.78 is 0. The van der Waals surface area contributed by atoms with E-state index in [-0.39, 0.29) is 0 Å². The van der Waals surface area contributed by atoms with Gasteiger partial charge < -0.3 is 4.90 Å². The number of fused-ring (bicyclic) bond motifs is 1. The summed E-state index contributed by atoms with van der Waals surface area (Å²) in [6, 6.07) is 10.4. The highest BCUT2D eigenvalue weighted by Crippen LogP contribution is 2.25. The van der Waals surface area contributed by atoms with Crippen molar-refractivity contribution in [2.45, 2.75) is 12.8 Å². The van der Waals surface area contributed by atoms with Crippen molar-refractivity contribution in [2.24, 2.45) is 0 Å². The molecule has 1 aromatic heterocycles. The maximum absolute atomic E-state index is 4.50. The normalized spacial score (nSPS) is 16.1. The fraction of sp³-hybridized carbons (Fsp3) is 0.333. The Morgan fingerprint density at radius 2 is 1.78 bits per heavy atom. The van der Waals surface area contributed by atoms with Crippen molar-refractivity contribution < 1.29 is 0 Å². The summed E-state index contributed by atoms with van der Waals surface area (Å²) in [6.45, 7) is 2.17. The molecule has 92 valence electrons. The Kier molecular flexibility index (Phi) is 3.07. The maximum Gasteiger partial charge on any atom is 0.116 e. The molecule has 0 N–H and O–H groups in total. The lowest BCUT2D eigenvalue weighted by atomic mass is 10.0. The van der Waals surface area contributed by atoms with Gasteiger partial charge in [-0.3, -0.25) is 0 Å². The molecule has 0 spiro atoms. The SMILES string of the molecule is CN1CCc2ncnc(-c3ccccc3)c2CC1. The number of aromatic nitrogens is 2. The summed E-state index contributed by atoms with van der Waals surface area (Å²) >= 11 is 0. The zero-order valence-electron chi connectivity index (χ0n) is 10.6. The van der Waals surface area contributed by atoms with Gasteiger partial charge >= 0.3 is 0 Å². The van der Waals surface area contributed by atoms with Gasteiger partial charge in [-0.2, -0.15) is 0 Å². The topological polar surface area (TPSA) is 29.0 Å². The first-order valence-electron chi connectivity index (χ1n) is 6.41. The molecule has 2 heterocycles. The van der Waals surface area contributed by atoms with E-state index in [1.165, 1.54) is 16.8 Å². The van der Waals surface area contributed by atoms with Crippen LogP contribution in [0, 0.1) is 0 Å². The molecule has 0 bridgehead atoms. The predicted octanol–water partition coefficient (Wildman–Crippen LogP) is 2.17. The van der Waals surface area contributed by atoms with E-state index in [9.17, 15) is 0 Å². The van der Waals surface area contributed by atoms with Crippen LogP contribution in [0.25, 0.3) is 11.3 Å². The minimum absolute atomic E-state index is 1.02. The summed E-state index contributed by atoms with van der Waals surface area (Å²) in [5.41, 5.74) is 4.85. The molecule has 0 fully saturated rings. The average Bonchev–Trinajstić information content (AvgIpc) is 2.62. The molecule has 0 unspecified atom stereocenters. The fourth-order valence-corrected chi connectivity index (χ4v) is 2.48. The van der Waals surface area contributed by atoms with Crippen LogP contribution in [0.5, 0.6) is 0 Å². The second-order valence-corrected chi connectivity index (χ2v) is 4.82. The van der Waals surface area contributed by atoms with E-state index in [2.05, 4.69) is 46.2 Å². The largest absolute Gasteiger partial charge is 0.306 e. The molecule has 2 aromatic rings. The zero-order valence-corrected chi connectivity index (χ0v) is 10.6. The van der Waals surface area contributed by atoms with Crippen molar-refractivity contribution in [3.05, 3.63) is 47.9 Å². The van der Waals surface area contributed by atoms with Crippen LogP contribution in [-0.4, -0.2) is 35.0 Å². The maximum atomic E-state index is 4.50. The summed E-state index contributed by atoms with van der Waals surface area (Å²) in [4.78, 5) is 11.3. The van der Waals surface area contributed by atoms with Crippen molar-refractivity contribution in [2.75, 3.05) is 20.1 Å². The number of nitrogens with zero attached hydrogens (tertiary/aromatic N) is 3. The van der Waals surface area contributed by atoms with Crippen molar-refractivity contribution >= 4 is 0 Å². The Balaban J connectivity index is 2.07. The molecule has 3 heteroatoms. The average molecular weight is 239 g/mol. The van der Waals surface area contributed by atoms with Gasteiger partial charge in [-0.15, -0.1) is 0 Å². The number of hydrogen-bond donors (Lipinski definition) is 0. The van der Waals surface area contributed by atoms with Crippen LogP contribution >= 0.6 is 0 Å². The van der Waals surface area contributed by atoms with E-state index in [0.717, 1.165) is 31.6 Å². The second kappa shape index (κ2) is 4.86. The highest BCUT2D eigenvalue weighted by atomic mass is 15.1. The quantitative estimate of drug-likeness (QED) is 0.763. The molecule has 0 amide bonds. The molecule has 0 radical (unpaired) electrons. The van der Waals surface area contributed by atoms with Crippen LogP contribution < -0.4 is 0 Å². The van der Waals surface area contributed by atoms with Gasteiger partial charge in [0.1, 0.15) is 6.33 Å². The highest BCUT2D eigenvalue weighted by Gasteiger charge is 2.17. The van der Waals surface area contributed by atoms with Crippen molar-refractivity contribution in [3.63, 3.8) is 0 Å². The van der Waals surface area contributed by atoms with Crippen LogP contribution in [0.4, 0.5) is 0 Å². The number of likely N-dealkylation sites (N-methyl/N-ethyl adjacent to an activating group) is 1. The Hall–Kier alpha value is -1.74. The first kappa shape index (κ1) is 11.4. The minimum Gasteiger partial charge on any atom is -0.306 e. The summed E-state index contributed by atoms with van der Waals surface area (Å²) in [5.74, 6) is 0. The lowest BCUT2D eigenvalue weighted by Gasteiger charge is -2.11. The van der Waals surface area contributed by atoms with E-state index in [4.69, 9.17) is 0 Å². The lowest BCUT2D eigenvalue weighted by molar-refractivity contribution is 0.352. The molecule has 1 aliphatic heterocycles. The Morgan fingerprint density at radius 3 is 2.61 bits per heavy atom. The standard InChI is InChI=1S/C15H17N3/c1-18-9-7-13-14(8-10-18)16-11-17-15(13)12-5-3-2-4-6-12/h2-6,11H,7-10H2,1H3. The summed E-state index contributed by atoms with van der Waals surface area (Å²) in [7, 11) is 2.17. The molecule has 18 heavy (non-hydrogen) atoms. The zero-order chi connectivity index (χ0) is 12.4. The number of hydrogen-bond acceptors (Lipinski definition) is 3.